The number of nitrogens with two attached hydrogens (primary N) is 1. The van der Waals surface area contributed by atoms with Crippen LogP contribution in [0, 0.1) is 17.0 Å². The van der Waals surface area contributed by atoms with Crippen molar-refractivity contribution in [3.05, 3.63) is 101 Å². The molecule has 5 rings (SSSR count). The number of carbonyl (C=O) groups is 1. The molecule has 0 atom stereocenters. The number of phenolic OH excluding ortho intramolecular Hbond substituents is 1. The Morgan fingerprint density at radius 1 is 1.00 bits per heavy atom. The maximum absolute atomic E-state index is 16.0. The Kier molecular flexibility index (Phi) is 9.43. The highest BCUT2D eigenvalue weighted by atomic mass is 19.1. The van der Waals surface area contributed by atoms with Gasteiger partial charge in [-0.3, -0.25) is 15.1 Å². The molecule has 1 saturated heterocycles. The van der Waals surface area contributed by atoms with Gasteiger partial charge in [0.2, 0.25) is 11.6 Å². The summed E-state index contributed by atoms with van der Waals surface area (Å²) in [4.78, 5) is 20.1. The second-order valence-electron chi connectivity index (χ2n) is 10.9. The van der Waals surface area contributed by atoms with Gasteiger partial charge in [-0.05, 0) is 54.8 Å². The van der Waals surface area contributed by atoms with E-state index in [4.69, 9.17) is 20.6 Å². The number of amides is 1. The van der Waals surface area contributed by atoms with E-state index in [9.17, 15) is 9.90 Å². The summed E-state index contributed by atoms with van der Waals surface area (Å²) in [6.07, 6.45) is 1.24. The van der Waals surface area contributed by atoms with Gasteiger partial charge in [-0.2, -0.15) is 13.8 Å². The van der Waals surface area contributed by atoms with E-state index in [0.717, 1.165) is 6.54 Å². The topological polar surface area (TPSA) is 137 Å². The monoisotopic (exact) mass is 616 g/mol. The van der Waals surface area contributed by atoms with Gasteiger partial charge in [-0.1, -0.05) is 36.4 Å². The first-order valence-electron chi connectivity index (χ1n) is 14.4. The van der Waals surface area contributed by atoms with Gasteiger partial charge < -0.3 is 30.5 Å². The zero-order valence-electron chi connectivity index (χ0n) is 24.9. The molecule has 2 heterocycles. The molecule has 1 aromatic heterocycles. The van der Waals surface area contributed by atoms with Crippen molar-refractivity contribution in [1.29, 1.82) is 5.41 Å². The second-order valence-corrected chi connectivity index (χ2v) is 10.9. The summed E-state index contributed by atoms with van der Waals surface area (Å²) in [6, 6.07) is 19.8. The molecule has 45 heavy (non-hydrogen) atoms. The van der Waals surface area contributed by atoms with Gasteiger partial charge in [0, 0.05) is 50.9 Å². The number of rotatable bonds is 10. The lowest BCUT2D eigenvalue weighted by molar-refractivity contribution is 0.0827. The quantitative estimate of drug-likeness (QED) is 0.131. The van der Waals surface area contributed by atoms with Crippen molar-refractivity contribution in [3.8, 4) is 29.0 Å². The van der Waals surface area contributed by atoms with E-state index in [1.54, 1.807) is 26.2 Å². The number of pyridine rings is 1. The van der Waals surface area contributed by atoms with Crippen molar-refractivity contribution < 1.29 is 28.2 Å². The Morgan fingerprint density at radius 2 is 1.69 bits per heavy atom. The molecule has 234 valence electrons. The summed E-state index contributed by atoms with van der Waals surface area (Å²) in [7, 11) is 3.20. The van der Waals surface area contributed by atoms with Gasteiger partial charge >= 0.3 is 0 Å². The first-order chi connectivity index (χ1) is 21.6. The minimum atomic E-state index is -1.13. The zero-order chi connectivity index (χ0) is 32.1. The number of halogens is 2. The number of amidine groups is 1. The van der Waals surface area contributed by atoms with Gasteiger partial charge in [0.25, 0.3) is 17.7 Å². The standard InChI is InChI=1S/C33H34F2N6O4/c1-40(2)33(43)22-9-6-10-24(17-22)44-31-27(34)29(38-23-13-15-41(16-14-23)19-20-7-4-3-5-8-20)28(35)32(39-31)45-26-18-21(30(36)37)11-12-25(26)42/h3-12,17-18,23,42H,13-16,19H2,1-2H3,(H3,36,37)(H,38,39). The Balaban J connectivity index is 1.44. The molecule has 1 aliphatic heterocycles. The largest absolute Gasteiger partial charge is 0.504 e. The lowest BCUT2D eigenvalue weighted by Crippen LogP contribution is -2.39. The van der Waals surface area contributed by atoms with E-state index in [1.807, 2.05) is 18.2 Å². The molecule has 0 spiro atoms. The van der Waals surface area contributed by atoms with E-state index in [1.165, 1.54) is 40.8 Å². The number of aromatic nitrogens is 1. The second kappa shape index (κ2) is 13.6. The fourth-order valence-electron chi connectivity index (χ4n) is 4.97. The molecule has 0 saturated carbocycles. The molecule has 1 fully saturated rings. The number of carbonyl (C=O) groups excluding carboxylic acids is 1. The average Bonchev–Trinajstić information content (AvgIpc) is 3.03. The molecular weight excluding hydrogens is 582 g/mol. The third-order valence-electron chi connectivity index (χ3n) is 7.38. The first-order valence-corrected chi connectivity index (χ1v) is 14.4. The third kappa shape index (κ3) is 7.47. The zero-order valence-corrected chi connectivity index (χ0v) is 24.9. The number of aromatic hydroxyl groups is 1. The summed E-state index contributed by atoms with van der Waals surface area (Å²) in [5.74, 6) is -4.61. The lowest BCUT2D eigenvalue weighted by Gasteiger charge is -2.33. The number of nitrogens with one attached hydrogen (secondary N) is 2. The van der Waals surface area contributed by atoms with Crippen molar-refractivity contribution in [2.24, 2.45) is 5.73 Å². The highest BCUT2D eigenvalue weighted by molar-refractivity contribution is 5.95. The number of hydrogen-bond acceptors (Lipinski definition) is 8. The molecule has 0 bridgehead atoms. The Labute approximate surface area is 259 Å². The number of phenols is 1. The Bertz CT molecular complexity index is 1690. The van der Waals surface area contributed by atoms with Crippen molar-refractivity contribution in [1.82, 2.24) is 14.8 Å². The predicted octanol–water partition coefficient (Wildman–Crippen LogP) is 5.71. The normalized spacial score (nSPS) is 13.7. The van der Waals surface area contributed by atoms with Crippen LogP contribution in [0.25, 0.3) is 0 Å². The minimum Gasteiger partial charge on any atom is -0.504 e. The number of hydrogen-bond donors (Lipinski definition) is 4. The predicted molar refractivity (Wildman–Crippen MR) is 166 cm³/mol. The third-order valence-corrected chi connectivity index (χ3v) is 7.38. The van der Waals surface area contributed by atoms with Gasteiger partial charge in [0.1, 0.15) is 17.3 Å². The Morgan fingerprint density at radius 3 is 2.36 bits per heavy atom. The number of nitrogen functional groups attached to an aromatic ring is 1. The van der Waals surface area contributed by atoms with Gasteiger partial charge in [0.15, 0.2) is 11.5 Å². The Hall–Kier alpha value is -5.23. The number of anilines is 1. The highest BCUT2D eigenvalue weighted by Crippen LogP contribution is 2.39. The van der Waals surface area contributed by atoms with Crippen molar-refractivity contribution in [3.63, 3.8) is 0 Å². The van der Waals surface area contributed by atoms with E-state index in [-0.39, 0.29) is 40.6 Å². The van der Waals surface area contributed by atoms with Crippen LogP contribution in [0.15, 0.2) is 72.8 Å². The highest BCUT2D eigenvalue weighted by Gasteiger charge is 2.28. The fourth-order valence-corrected chi connectivity index (χ4v) is 4.97. The molecule has 1 amide bonds. The number of benzene rings is 3. The fraction of sp³-hybridized carbons (Fsp3) is 0.242. The average molecular weight is 617 g/mol. The minimum absolute atomic E-state index is 0.0910. The molecule has 10 nitrogen and oxygen atoms in total. The summed E-state index contributed by atoms with van der Waals surface area (Å²) in [6.45, 7) is 2.21. The van der Waals surface area contributed by atoms with E-state index in [2.05, 4.69) is 27.3 Å². The SMILES string of the molecule is CN(C)C(=O)c1cccc(Oc2nc(Oc3cc(C(=N)N)ccc3O)c(F)c(NC3CCN(Cc4ccccc4)CC3)c2F)c1. The molecule has 4 aromatic rings. The van der Waals surface area contributed by atoms with Crippen molar-refractivity contribution >= 4 is 17.4 Å². The van der Waals surface area contributed by atoms with Crippen LogP contribution >= 0.6 is 0 Å². The van der Waals surface area contributed by atoms with Crippen LogP contribution in [0.2, 0.25) is 0 Å². The van der Waals surface area contributed by atoms with Crippen LogP contribution in [0.4, 0.5) is 14.5 Å². The number of piperidine rings is 1. The van der Waals surface area contributed by atoms with E-state index in [0.29, 0.717) is 31.5 Å². The van der Waals surface area contributed by atoms with Crippen LogP contribution in [-0.4, -0.2) is 64.9 Å². The maximum atomic E-state index is 16.0. The summed E-state index contributed by atoms with van der Waals surface area (Å²) in [5.41, 5.74) is 6.76. The van der Waals surface area contributed by atoms with E-state index >= 15 is 8.78 Å². The van der Waals surface area contributed by atoms with Crippen LogP contribution in [0.3, 0.4) is 0 Å². The van der Waals surface area contributed by atoms with Gasteiger partial charge in [-0.25, -0.2) is 0 Å². The molecule has 12 heteroatoms. The molecule has 1 aliphatic rings. The summed E-state index contributed by atoms with van der Waals surface area (Å²) in [5, 5.41) is 21.0. The van der Waals surface area contributed by atoms with Gasteiger partial charge in [-0.15, -0.1) is 0 Å². The molecule has 0 unspecified atom stereocenters. The van der Waals surface area contributed by atoms with Crippen molar-refractivity contribution in [2.45, 2.75) is 25.4 Å². The lowest BCUT2D eigenvalue weighted by atomic mass is 10.0. The van der Waals surface area contributed by atoms with Crippen LogP contribution < -0.4 is 20.5 Å². The molecule has 0 aliphatic carbocycles. The number of likely N-dealkylation sites (tertiary alicyclic amines) is 1. The first kappa shape index (κ1) is 31.2. The maximum Gasteiger partial charge on any atom is 0.261 e. The smallest absolute Gasteiger partial charge is 0.261 e. The molecule has 3 aromatic carbocycles. The number of ether oxygens (including phenoxy) is 2. The van der Waals surface area contributed by atoms with Crippen LogP contribution in [0.1, 0.15) is 34.3 Å². The van der Waals surface area contributed by atoms with Crippen molar-refractivity contribution in [2.75, 3.05) is 32.5 Å². The molecular formula is C33H34F2N6O4. The van der Waals surface area contributed by atoms with Crippen LogP contribution in [-0.2, 0) is 6.54 Å². The van der Waals surface area contributed by atoms with Crippen LogP contribution in [0.5, 0.6) is 29.0 Å². The molecule has 0 radical (unpaired) electrons. The summed E-state index contributed by atoms with van der Waals surface area (Å²) < 4.78 is 43.3. The number of nitrogens with zero attached hydrogens (tertiary/aromatic N) is 3. The van der Waals surface area contributed by atoms with Gasteiger partial charge in [0.05, 0.1) is 0 Å². The summed E-state index contributed by atoms with van der Waals surface area (Å²) >= 11 is 0. The molecule has 5 N–H and O–H groups in total. The van der Waals surface area contributed by atoms with E-state index < -0.39 is 29.1 Å².